The summed E-state index contributed by atoms with van der Waals surface area (Å²) in [5, 5.41) is 14.1. The first-order chi connectivity index (χ1) is 8.50. The van der Waals surface area contributed by atoms with Crippen molar-refractivity contribution in [3.05, 3.63) is 22.4 Å². The minimum Gasteiger partial charge on any atom is -0.481 e. The Bertz CT molecular complexity index is 352. The molecule has 5 heteroatoms. The smallest absolute Gasteiger partial charge is 0.303 e. The zero-order valence-electron chi connectivity index (χ0n) is 11.2. The lowest BCUT2D eigenvalue weighted by Crippen LogP contribution is -2.35. The van der Waals surface area contributed by atoms with Gasteiger partial charge in [-0.3, -0.25) is 4.79 Å². The molecule has 2 N–H and O–H groups in total. The van der Waals surface area contributed by atoms with Crippen LogP contribution in [-0.4, -0.2) is 42.7 Å². The predicted molar refractivity (Wildman–Crippen MR) is 75.1 cm³/mol. The van der Waals surface area contributed by atoms with Gasteiger partial charge < -0.3 is 15.3 Å². The van der Waals surface area contributed by atoms with Gasteiger partial charge >= 0.3 is 5.97 Å². The van der Waals surface area contributed by atoms with Crippen LogP contribution in [0.3, 0.4) is 0 Å². The first-order valence-electron chi connectivity index (χ1n) is 6.15. The number of hydrogen-bond donors (Lipinski definition) is 2. The number of aliphatic carboxylic acids is 1. The van der Waals surface area contributed by atoms with Gasteiger partial charge in [-0.05, 0) is 38.9 Å². The monoisotopic (exact) mass is 270 g/mol. The molecule has 0 fully saturated rings. The molecular formula is C13H22N2O2S. The molecule has 1 rings (SSSR count). The molecule has 1 heterocycles. The number of thiophene rings is 1. The van der Waals surface area contributed by atoms with Gasteiger partial charge in [-0.25, -0.2) is 0 Å². The topological polar surface area (TPSA) is 52.6 Å². The van der Waals surface area contributed by atoms with Crippen LogP contribution in [0.1, 0.15) is 30.7 Å². The summed E-state index contributed by atoms with van der Waals surface area (Å²) in [7, 11) is 4.13. The Morgan fingerprint density at radius 2 is 2.28 bits per heavy atom. The molecule has 0 aliphatic carbocycles. The first kappa shape index (κ1) is 15.1. The van der Waals surface area contributed by atoms with Gasteiger partial charge in [0.2, 0.25) is 0 Å². The third-order valence-electron chi connectivity index (χ3n) is 2.95. The Hall–Kier alpha value is -0.910. The first-order valence-corrected chi connectivity index (χ1v) is 7.03. The second-order valence-electron chi connectivity index (χ2n) is 4.74. The Morgan fingerprint density at radius 1 is 1.56 bits per heavy atom. The van der Waals surface area contributed by atoms with E-state index in [1.54, 1.807) is 11.3 Å². The van der Waals surface area contributed by atoms with Crippen molar-refractivity contribution in [1.82, 2.24) is 10.2 Å². The van der Waals surface area contributed by atoms with Crippen LogP contribution in [0.5, 0.6) is 0 Å². The van der Waals surface area contributed by atoms with Gasteiger partial charge in [0, 0.05) is 23.9 Å². The molecule has 1 aromatic heterocycles. The van der Waals surface area contributed by atoms with E-state index in [-0.39, 0.29) is 12.5 Å². The van der Waals surface area contributed by atoms with Crippen LogP contribution in [0.25, 0.3) is 0 Å². The Kier molecular flexibility index (Phi) is 6.32. The molecule has 2 unspecified atom stereocenters. The van der Waals surface area contributed by atoms with Crippen molar-refractivity contribution in [1.29, 1.82) is 0 Å². The van der Waals surface area contributed by atoms with Crippen molar-refractivity contribution >= 4 is 17.3 Å². The quantitative estimate of drug-likeness (QED) is 0.760. The third kappa shape index (κ3) is 5.16. The normalized spacial score (nSPS) is 14.7. The maximum absolute atomic E-state index is 10.5. The zero-order valence-corrected chi connectivity index (χ0v) is 12.0. The standard InChI is InChI=1S/C13H22N2O2S/c1-10(6-7-13(16)17)14-9-11(15(2)3)12-5-4-8-18-12/h4-5,8,10-11,14H,6-7,9H2,1-3H3,(H,16,17). The van der Waals surface area contributed by atoms with Crippen LogP contribution < -0.4 is 5.32 Å². The number of nitrogens with one attached hydrogen (secondary N) is 1. The number of nitrogens with zero attached hydrogens (tertiary/aromatic N) is 1. The van der Waals surface area contributed by atoms with Crippen molar-refractivity contribution < 1.29 is 9.90 Å². The van der Waals surface area contributed by atoms with Crippen LogP contribution >= 0.6 is 11.3 Å². The van der Waals surface area contributed by atoms with E-state index in [2.05, 4.69) is 41.8 Å². The summed E-state index contributed by atoms with van der Waals surface area (Å²) in [6, 6.07) is 4.77. The number of carboxylic acids is 1. The van der Waals surface area contributed by atoms with E-state index >= 15 is 0 Å². The number of carboxylic acid groups (broad SMARTS) is 1. The number of hydrogen-bond acceptors (Lipinski definition) is 4. The van der Waals surface area contributed by atoms with E-state index in [9.17, 15) is 4.79 Å². The van der Waals surface area contributed by atoms with Crippen molar-refractivity contribution in [2.45, 2.75) is 31.8 Å². The fourth-order valence-electron chi connectivity index (χ4n) is 1.77. The van der Waals surface area contributed by atoms with Gasteiger partial charge in [0.05, 0.1) is 6.04 Å². The van der Waals surface area contributed by atoms with Crippen LogP contribution in [0.15, 0.2) is 17.5 Å². The van der Waals surface area contributed by atoms with Crippen LogP contribution in [0, 0.1) is 0 Å². The van der Waals surface area contributed by atoms with Gasteiger partial charge in [-0.2, -0.15) is 0 Å². The summed E-state index contributed by atoms with van der Waals surface area (Å²) < 4.78 is 0. The molecule has 0 bridgehead atoms. The van der Waals surface area contributed by atoms with Gasteiger partial charge in [-0.1, -0.05) is 6.07 Å². The van der Waals surface area contributed by atoms with Crippen LogP contribution in [0.2, 0.25) is 0 Å². The molecule has 18 heavy (non-hydrogen) atoms. The highest BCUT2D eigenvalue weighted by Crippen LogP contribution is 2.22. The lowest BCUT2D eigenvalue weighted by Gasteiger charge is -2.25. The van der Waals surface area contributed by atoms with Crippen molar-refractivity contribution in [3.63, 3.8) is 0 Å². The molecule has 0 aromatic carbocycles. The molecule has 0 aliphatic heterocycles. The Morgan fingerprint density at radius 3 is 2.78 bits per heavy atom. The van der Waals surface area contributed by atoms with Gasteiger partial charge in [0.1, 0.15) is 0 Å². The van der Waals surface area contributed by atoms with Crippen molar-refractivity contribution in [2.75, 3.05) is 20.6 Å². The van der Waals surface area contributed by atoms with E-state index in [0.29, 0.717) is 12.5 Å². The average Bonchev–Trinajstić information content (AvgIpc) is 2.79. The summed E-state index contributed by atoms with van der Waals surface area (Å²) >= 11 is 1.75. The highest BCUT2D eigenvalue weighted by molar-refractivity contribution is 7.10. The molecule has 0 saturated carbocycles. The summed E-state index contributed by atoms with van der Waals surface area (Å²) in [5.74, 6) is -0.730. The second-order valence-corrected chi connectivity index (χ2v) is 5.72. The molecule has 0 saturated heterocycles. The fourth-order valence-corrected chi connectivity index (χ4v) is 2.70. The molecule has 0 spiro atoms. The lowest BCUT2D eigenvalue weighted by molar-refractivity contribution is -0.137. The second kappa shape index (κ2) is 7.51. The molecule has 102 valence electrons. The van der Waals surface area contributed by atoms with E-state index in [4.69, 9.17) is 5.11 Å². The number of carbonyl (C=O) groups is 1. The van der Waals surface area contributed by atoms with E-state index in [1.807, 2.05) is 6.92 Å². The van der Waals surface area contributed by atoms with Crippen molar-refractivity contribution in [3.8, 4) is 0 Å². The maximum Gasteiger partial charge on any atom is 0.303 e. The maximum atomic E-state index is 10.5. The zero-order chi connectivity index (χ0) is 13.5. The minimum atomic E-state index is -0.730. The predicted octanol–water partition coefficient (Wildman–Crippen LogP) is 2.19. The van der Waals surface area contributed by atoms with E-state index in [1.165, 1.54) is 4.88 Å². The van der Waals surface area contributed by atoms with Crippen molar-refractivity contribution in [2.24, 2.45) is 0 Å². The van der Waals surface area contributed by atoms with E-state index in [0.717, 1.165) is 6.54 Å². The largest absolute Gasteiger partial charge is 0.481 e. The van der Waals surface area contributed by atoms with Crippen LogP contribution in [-0.2, 0) is 4.79 Å². The summed E-state index contributed by atoms with van der Waals surface area (Å²) in [6.07, 6.45) is 0.889. The van der Waals surface area contributed by atoms with E-state index < -0.39 is 5.97 Å². The van der Waals surface area contributed by atoms with Gasteiger partial charge in [-0.15, -0.1) is 11.3 Å². The highest BCUT2D eigenvalue weighted by Gasteiger charge is 2.16. The minimum absolute atomic E-state index is 0.222. The van der Waals surface area contributed by atoms with Gasteiger partial charge in [0.25, 0.3) is 0 Å². The SMILES string of the molecule is CC(CCC(=O)O)NCC(c1cccs1)N(C)C. The fraction of sp³-hybridized carbons (Fsp3) is 0.615. The molecule has 1 aromatic rings. The third-order valence-corrected chi connectivity index (χ3v) is 3.92. The summed E-state index contributed by atoms with van der Waals surface area (Å²) in [6.45, 7) is 2.87. The molecule has 0 aliphatic rings. The molecule has 4 nitrogen and oxygen atoms in total. The molecule has 2 atom stereocenters. The lowest BCUT2D eigenvalue weighted by atomic mass is 10.1. The van der Waals surface area contributed by atoms with Crippen LogP contribution in [0.4, 0.5) is 0 Å². The number of rotatable bonds is 8. The Labute approximate surface area is 113 Å². The Balaban J connectivity index is 2.41. The highest BCUT2D eigenvalue weighted by atomic mass is 32.1. The summed E-state index contributed by atoms with van der Waals surface area (Å²) in [5.41, 5.74) is 0. The molecule has 0 amide bonds. The number of likely N-dealkylation sites (N-methyl/N-ethyl adjacent to an activating group) is 1. The molecular weight excluding hydrogens is 248 g/mol. The summed E-state index contributed by atoms with van der Waals surface area (Å²) in [4.78, 5) is 14.0. The average molecular weight is 270 g/mol. The van der Waals surface area contributed by atoms with Gasteiger partial charge in [0.15, 0.2) is 0 Å². The molecule has 0 radical (unpaired) electrons.